The van der Waals surface area contributed by atoms with Gasteiger partial charge in [-0.2, -0.15) is 5.11 Å². The summed E-state index contributed by atoms with van der Waals surface area (Å²) in [5.41, 5.74) is 4.19. The van der Waals surface area contributed by atoms with E-state index in [1.807, 2.05) is 60.8 Å². The van der Waals surface area contributed by atoms with E-state index in [-0.39, 0.29) is 5.41 Å². The molecule has 0 atom stereocenters. The van der Waals surface area contributed by atoms with Crippen molar-refractivity contribution in [2.45, 2.75) is 19.3 Å². The summed E-state index contributed by atoms with van der Waals surface area (Å²) in [4.78, 5) is 2.18. The van der Waals surface area contributed by atoms with Crippen molar-refractivity contribution in [3.8, 4) is 11.5 Å². The molecule has 0 N–H and O–H groups in total. The van der Waals surface area contributed by atoms with Crippen molar-refractivity contribution in [2.24, 2.45) is 10.2 Å². The smallest absolute Gasteiger partial charge is 0.154 e. The lowest BCUT2D eigenvalue weighted by Crippen LogP contribution is -2.22. The number of likely N-dealkylation sites (N-methyl/N-ethyl adjacent to an activating group) is 1. The Hall–Kier alpha value is -3.40. The molecule has 0 unspecified atom stereocenters. The first-order valence-corrected chi connectivity index (χ1v) is 9.34. The van der Waals surface area contributed by atoms with Gasteiger partial charge in [0.15, 0.2) is 5.75 Å². The molecule has 1 heterocycles. The van der Waals surface area contributed by atoms with Crippen molar-refractivity contribution in [1.29, 1.82) is 0 Å². The first kappa shape index (κ1) is 18.0. The minimum atomic E-state index is -0.121. The highest BCUT2D eigenvalue weighted by Crippen LogP contribution is 2.46. The number of hydrogen-bond donors (Lipinski definition) is 0. The number of rotatable bonds is 4. The molecular formula is C24H23N3O. The largest absolute Gasteiger partial charge is 0.455 e. The zero-order valence-electron chi connectivity index (χ0n) is 16.3. The van der Waals surface area contributed by atoms with Crippen molar-refractivity contribution in [3.63, 3.8) is 0 Å². The van der Waals surface area contributed by atoms with E-state index in [9.17, 15) is 0 Å². The van der Waals surface area contributed by atoms with Crippen LogP contribution in [0.1, 0.15) is 19.4 Å². The zero-order chi connectivity index (χ0) is 19.6. The molecule has 28 heavy (non-hydrogen) atoms. The van der Waals surface area contributed by atoms with Crippen molar-refractivity contribution < 1.29 is 4.74 Å². The molecule has 0 amide bonds. The van der Waals surface area contributed by atoms with Crippen LogP contribution in [0.2, 0.25) is 0 Å². The molecule has 0 saturated heterocycles. The summed E-state index contributed by atoms with van der Waals surface area (Å²) in [6, 6.07) is 25.8. The van der Waals surface area contributed by atoms with Crippen LogP contribution in [-0.4, -0.2) is 7.05 Å². The van der Waals surface area contributed by atoms with E-state index in [1.54, 1.807) is 0 Å². The predicted molar refractivity (Wildman–Crippen MR) is 113 cm³/mol. The number of para-hydroxylation sites is 3. The van der Waals surface area contributed by atoms with Gasteiger partial charge in [-0.3, -0.25) is 0 Å². The molecule has 4 rings (SSSR count). The Balaban J connectivity index is 1.61. The van der Waals surface area contributed by atoms with Crippen LogP contribution in [0.4, 0.5) is 11.4 Å². The SMILES string of the molecule is CN1/C(=C/N=N/c2ccccc2Oc2ccccc2)C(C)(C)c2ccccc21. The topological polar surface area (TPSA) is 37.2 Å². The first-order valence-electron chi connectivity index (χ1n) is 9.34. The van der Waals surface area contributed by atoms with Gasteiger partial charge in [0.2, 0.25) is 0 Å². The quantitative estimate of drug-likeness (QED) is 0.473. The molecule has 0 aromatic heterocycles. The number of benzene rings is 3. The van der Waals surface area contributed by atoms with Crippen LogP contribution in [0, 0.1) is 0 Å². The van der Waals surface area contributed by atoms with Gasteiger partial charge in [0.05, 0.1) is 6.20 Å². The van der Waals surface area contributed by atoms with Crippen LogP contribution in [0.3, 0.4) is 0 Å². The Kier molecular flexibility index (Phi) is 4.70. The number of ether oxygens (including phenoxy) is 1. The monoisotopic (exact) mass is 369 g/mol. The summed E-state index contributed by atoms with van der Waals surface area (Å²) in [6.07, 6.45) is 1.85. The Labute approximate surface area is 165 Å². The van der Waals surface area contributed by atoms with E-state index >= 15 is 0 Å². The number of allylic oxidation sites excluding steroid dienone is 1. The van der Waals surface area contributed by atoms with Gasteiger partial charge >= 0.3 is 0 Å². The van der Waals surface area contributed by atoms with Crippen LogP contribution >= 0.6 is 0 Å². The summed E-state index contributed by atoms with van der Waals surface area (Å²) >= 11 is 0. The van der Waals surface area contributed by atoms with E-state index < -0.39 is 0 Å². The summed E-state index contributed by atoms with van der Waals surface area (Å²) < 4.78 is 5.96. The third-order valence-electron chi connectivity index (χ3n) is 5.12. The van der Waals surface area contributed by atoms with Crippen molar-refractivity contribution in [1.82, 2.24) is 0 Å². The maximum atomic E-state index is 5.96. The second-order valence-corrected chi connectivity index (χ2v) is 7.31. The number of anilines is 1. The third kappa shape index (κ3) is 3.29. The van der Waals surface area contributed by atoms with E-state index in [2.05, 4.69) is 60.3 Å². The Morgan fingerprint density at radius 2 is 1.54 bits per heavy atom. The maximum Gasteiger partial charge on any atom is 0.154 e. The molecule has 140 valence electrons. The second kappa shape index (κ2) is 7.31. The summed E-state index contributed by atoms with van der Waals surface area (Å²) in [6.45, 7) is 4.42. The molecular weight excluding hydrogens is 346 g/mol. The van der Waals surface area contributed by atoms with Crippen molar-refractivity contribution in [3.05, 3.63) is 96.3 Å². The molecule has 0 saturated carbocycles. The van der Waals surface area contributed by atoms with Gasteiger partial charge in [-0.1, -0.05) is 62.4 Å². The molecule has 1 aliphatic rings. The normalized spacial score (nSPS) is 16.5. The molecule has 1 aliphatic heterocycles. The van der Waals surface area contributed by atoms with Gasteiger partial charge in [-0.05, 0) is 35.9 Å². The number of nitrogens with zero attached hydrogens (tertiary/aromatic N) is 3. The highest BCUT2D eigenvalue weighted by molar-refractivity contribution is 5.69. The van der Waals surface area contributed by atoms with Gasteiger partial charge in [-0.15, -0.1) is 5.11 Å². The average Bonchev–Trinajstić information content (AvgIpc) is 2.91. The minimum absolute atomic E-state index is 0.121. The fourth-order valence-electron chi connectivity index (χ4n) is 3.62. The maximum absolute atomic E-state index is 5.96. The molecule has 4 nitrogen and oxygen atoms in total. The van der Waals surface area contributed by atoms with Gasteiger partial charge in [0.1, 0.15) is 11.4 Å². The highest BCUT2D eigenvalue weighted by Gasteiger charge is 2.38. The summed E-state index contributed by atoms with van der Waals surface area (Å²) in [5, 5.41) is 8.82. The number of hydrogen-bond acceptors (Lipinski definition) is 4. The standard InChI is InChI=1S/C24H23N3O/c1-24(2)19-13-7-9-15-21(19)27(3)23(24)17-25-26-20-14-8-10-16-22(20)28-18-11-5-4-6-12-18/h4-17H,1-3H3/b23-17+,26-25+. The van der Waals surface area contributed by atoms with Gasteiger partial charge < -0.3 is 9.64 Å². The molecule has 0 aliphatic carbocycles. The highest BCUT2D eigenvalue weighted by atomic mass is 16.5. The zero-order valence-corrected chi connectivity index (χ0v) is 16.3. The molecule has 0 spiro atoms. The van der Waals surface area contributed by atoms with E-state index in [1.165, 1.54) is 11.3 Å². The Morgan fingerprint density at radius 1 is 0.857 bits per heavy atom. The lowest BCUT2D eigenvalue weighted by atomic mass is 9.84. The predicted octanol–water partition coefficient (Wildman–Crippen LogP) is 6.83. The van der Waals surface area contributed by atoms with Crippen molar-refractivity contribution >= 4 is 11.4 Å². The molecule has 4 heteroatoms. The fraction of sp³-hybridized carbons (Fsp3) is 0.167. The second-order valence-electron chi connectivity index (χ2n) is 7.31. The molecule has 3 aromatic rings. The Morgan fingerprint density at radius 3 is 2.32 bits per heavy atom. The Bertz CT molecular complexity index is 1040. The van der Waals surface area contributed by atoms with Crippen LogP contribution in [0.5, 0.6) is 11.5 Å². The lowest BCUT2D eigenvalue weighted by molar-refractivity contribution is 0.483. The van der Waals surface area contributed by atoms with Crippen LogP contribution < -0.4 is 9.64 Å². The summed E-state index contributed by atoms with van der Waals surface area (Å²) in [5.74, 6) is 1.45. The molecule has 0 fully saturated rings. The minimum Gasteiger partial charge on any atom is -0.455 e. The fourth-order valence-corrected chi connectivity index (χ4v) is 3.62. The first-order chi connectivity index (χ1) is 13.6. The van der Waals surface area contributed by atoms with Crippen LogP contribution in [0.25, 0.3) is 0 Å². The third-order valence-corrected chi connectivity index (χ3v) is 5.12. The van der Waals surface area contributed by atoms with Crippen LogP contribution in [0.15, 0.2) is 101 Å². The number of azo groups is 1. The van der Waals surface area contributed by atoms with E-state index in [0.717, 1.165) is 11.4 Å². The molecule has 0 bridgehead atoms. The average molecular weight is 369 g/mol. The van der Waals surface area contributed by atoms with E-state index in [0.29, 0.717) is 11.4 Å². The van der Waals surface area contributed by atoms with Crippen LogP contribution in [-0.2, 0) is 5.41 Å². The van der Waals surface area contributed by atoms with Gasteiger partial charge in [0.25, 0.3) is 0 Å². The van der Waals surface area contributed by atoms with Gasteiger partial charge in [-0.25, -0.2) is 0 Å². The van der Waals surface area contributed by atoms with Gasteiger partial charge in [0, 0.05) is 23.8 Å². The number of fused-ring (bicyclic) bond motifs is 1. The summed E-state index contributed by atoms with van der Waals surface area (Å²) in [7, 11) is 2.07. The van der Waals surface area contributed by atoms with E-state index in [4.69, 9.17) is 4.74 Å². The molecule has 3 aromatic carbocycles. The van der Waals surface area contributed by atoms with Crippen molar-refractivity contribution in [2.75, 3.05) is 11.9 Å². The molecule has 0 radical (unpaired) electrons. The lowest BCUT2D eigenvalue weighted by Gasteiger charge is -2.22.